The number of hydrogen-bond acceptors (Lipinski definition) is 2. The maximum absolute atomic E-state index is 11.5. The predicted molar refractivity (Wildman–Crippen MR) is 58.3 cm³/mol. The minimum atomic E-state index is -0.557. The number of rotatable bonds is 0. The van der Waals surface area contributed by atoms with E-state index >= 15 is 0 Å². The molecule has 0 bridgehead atoms. The Balaban J connectivity index is 2.37. The molecule has 0 aliphatic carbocycles. The van der Waals surface area contributed by atoms with Gasteiger partial charge in [-0.15, -0.1) is 0 Å². The van der Waals surface area contributed by atoms with Gasteiger partial charge in [0, 0.05) is 22.3 Å². The van der Waals surface area contributed by atoms with Gasteiger partial charge in [0.1, 0.15) is 0 Å². The van der Waals surface area contributed by atoms with Crippen molar-refractivity contribution in [2.45, 2.75) is 26.7 Å². The van der Waals surface area contributed by atoms with Gasteiger partial charge in [0.05, 0.1) is 0 Å². The Morgan fingerprint density at radius 3 is 2.00 bits per heavy atom. The van der Waals surface area contributed by atoms with Gasteiger partial charge in [0.2, 0.25) is 0 Å². The molecule has 0 saturated carbocycles. The highest BCUT2D eigenvalue weighted by Gasteiger charge is 2.11. The summed E-state index contributed by atoms with van der Waals surface area (Å²) in [5.74, 6) is 3.15. The van der Waals surface area contributed by atoms with Gasteiger partial charge in [-0.05, 0) is 37.8 Å². The average molecular weight is 203 g/mol. The Bertz CT molecular complexity index is 156. The zero-order valence-corrected chi connectivity index (χ0v) is 9.53. The van der Waals surface area contributed by atoms with Crippen LogP contribution in [0.4, 0.5) is 0 Å². The highest BCUT2D eigenvalue weighted by atomic mass is 32.2. The maximum atomic E-state index is 11.5. The van der Waals surface area contributed by atoms with Crippen LogP contribution in [0, 0.1) is 11.8 Å². The highest BCUT2D eigenvalue weighted by Crippen LogP contribution is 2.08. The van der Waals surface area contributed by atoms with Crippen LogP contribution < -0.4 is 5.32 Å². The first-order chi connectivity index (χ1) is 6.18. The molecule has 78 valence electrons. The van der Waals surface area contributed by atoms with E-state index in [2.05, 4.69) is 19.2 Å². The van der Waals surface area contributed by atoms with Gasteiger partial charge in [-0.2, -0.15) is 0 Å². The molecule has 0 aromatic heterocycles. The first kappa shape index (κ1) is 11.2. The minimum Gasteiger partial charge on any atom is -0.316 e. The summed E-state index contributed by atoms with van der Waals surface area (Å²) in [7, 11) is -0.557. The molecule has 1 fully saturated rings. The summed E-state index contributed by atoms with van der Waals surface area (Å²) in [6, 6.07) is 0. The maximum Gasteiger partial charge on any atom is 0.0237 e. The molecule has 1 saturated heterocycles. The summed E-state index contributed by atoms with van der Waals surface area (Å²) in [6.45, 7) is 6.63. The van der Waals surface area contributed by atoms with Crippen LogP contribution in [-0.2, 0) is 10.8 Å². The van der Waals surface area contributed by atoms with Crippen molar-refractivity contribution in [3.05, 3.63) is 0 Å². The van der Waals surface area contributed by atoms with Crippen LogP contribution in [-0.4, -0.2) is 28.8 Å². The van der Waals surface area contributed by atoms with Crippen molar-refractivity contribution in [1.82, 2.24) is 5.32 Å². The molecule has 1 aliphatic rings. The molecule has 0 aromatic rings. The van der Waals surface area contributed by atoms with Gasteiger partial charge in [-0.3, -0.25) is 4.21 Å². The second-order valence-corrected chi connectivity index (χ2v) is 5.99. The van der Waals surface area contributed by atoms with Crippen molar-refractivity contribution in [1.29, 1.82) is 0 Å². The van der Waals surface area contributed by atoms with Crippen LogP contribution in [0.3, 0.4) is 0 Å². The molecule has 1 N–H and O–H groups in total. The summed E-state index contributed by atoms with van der Waals surface area (Å²) in [5.41, 5.74) is 0. The lowest BCUT2D eigenvalue weighted by atomic mass is 10.1. The smallest absolute Gasteiger partial charge is 0.0237 e. The molecule has 2 atom stereocenters. The van der Waals surface area contributed by atoms with Gasteiger partial charge in [0.15, 0.2) is 0 Å². The Hall–Kier alpha value is 0.110. The molecule has 0 radical (unpaired) electrons. The molecule has 0 amide bonds. The van der Waals surface area contributed by atoms with E-state index < -0.39 is 10.8 Å². The number of nitrogens with one attached hydrogen (secondary N) is 1. The summed E-state index contributed by atoms with van der Waals surface area (Å²) < 4.78 is 11.5. The van der Waals surface area contributed by atoms with Crippen LogP contribution in [0.5, 0.6) is 0 Å². The molecule has 1 aliphatic heterocycles. The molecule has 13 heavy (non-hydrogen) atoms. The molecule has 2 unspecified atom stereocenters. The molecule has 0 spiro atoms. The standard InChI is InChI=1S/C10H21NOS/c1-9-3-5-13(12)6-4-10(2)8-11-7-9/h9-11H,3-8H2,1-2H3. The van der Waals surface area contributed by atoms with E-state index in [-0.39, 0.29) is 0 Å². The van der Waals surface area contributed by atoms with E-state index in [4.69, 9.17) is 0 Å². The van der Waals surface area contributed by atoms with Gasteiger partial charge >= 0.3 is 0 Å². The Labute approximate surface area is 83.9 Å². The van der Waals surface area contributed by atoms with Crippen LogP contribution in [0.1, 0.15) is 26.7 Å². The molecular weight excluding hydrogens is 182 g/mol. The van der Waals surface area contributed by atoms with Crippen molar-refractivity contribution in [2.75, 3.05) is 24.6 Å². The van der Waals surface area contributed by atoms with Crippen molar-refractivity contribution in [3.63, 3.8) is 0 Å². The quantitative estimate of drug-likeness (QED) is 0.644. The fraction of sp³-hybridized carbons (Fsp3) is 1.00. The SMILES string of the molecule is CC1CCS(=O)CCC(C)CNC1. The van der Waals surface area contributed by atoms with E-state index in [0.717, 1.165) is 37.4 Å². The zero-order chi connectivity index (χ0) is 9.68. The molecular formula is C10H21NOS. The van der Waals surface area contributed by atoms with E-state index in [9.17, 15) is 4.21 Å². The van der Waals surface area contributed by atoms with E-state index in [1.54, 1.807) is 0 Å². The van der Waals surface area contributed by atoms with E-state index in [1.165, 1.54) is 0 Å². The van der Waals surface area contributed by atoms with Crippen molar-refractivity contribution >= 4 is 10.8 Å². The second-order valence-electron chi connectivity index (χ2n) is 4.29. The molecule has 0 aromatic carbocycles. The lowest BCUT2D eigenvalue weighted by Gasteiger charge is -2.18. The van der Waals surface area contributed by atoms with Crippen LogP contribution >= 0.6 is 0 Å². The normalized spacial score (nSPS) is 38.5. The molecule has 1 heterocycles. The highest BCUT2D eigenvalue weighted by molar-refractivity contribution is 7.84. The minimum absolute atomic E-state index is 0.557. The van der Waals surface area contributed by atoms with Gasteiger partial charge in [-0.25, -0.2) is 0 Å². The van der Waals surface area contributed by atoms with Crippen molar-refractivity contribution in [2.24, 2.45) is 11.8 Å². The third-order valence-electron chi connectivity index (χ3n) is 2.66. The van der Waals surface area contributed by atoms with Crippen molar-refractivity contribution in [3.8, 4) is 0 Å². The summed E-state index contributed by atoms with van der Waals surface area (Å²) in [5, 5.41) is 3.47. The topological polar surface area (TPSA) is 29.1 Å². The van der Waals surface area contributed by atoms with Crippen LogP contribution in [0.25, 0.3) is 0 Å². The third-order valence-corrected chi connectivity index (χ3v) is 4.04. The second kappa shape index (κ2) is 5.76. The Morgan fingerprint density at radius 2 is 1.54 bits per heavy atom. The van der Waals surface area contributed by atoms with E-state index in [1.807, 2.05) is 0 Å². The van der Waals surface area contributed by atoms with Crippen LogP contribution in [0.2, 0.25) is 0 Å². The largest absolute Gasteiger partial charge is 0.316 e. The first-order valence-electron chi connectivity index (χ1n) is 5.24. The lowest BCUT2D eigenvalue weighted by molar-refractivity contribution is 0.441. The van der Waals surface area contributed by atoms with E-state index in [0.29, 0.717) is 11.8 Å². The van der Waals surface area contributed by atoms with Gasteiger partial charge in [0.25, 0.3) is 0 Å². The molecule has 3 heteroatoms. The fourth-order valence-corrected chi connectivity index (χ4v) is 3.08. The lowest BCUT2D eigenvalue weighted by Crippen LogP contribution is -2.29. The summed E-state index contributed by atoms with van der Waals surface area (Å²) in [6.07, 6.45) is 2.21. The van der Waals surface area contributed by atoms with Crippen molar-refractivity contribution < 1.29 is 4.21 Å². The summed E-state index contributed by atoms with van der Waals surface area (Å²) in [4.78, 5) is 0. The Morgan fingerprint density at radius 1 is 1.08 bits per heavy atom. The zero-order valence-electron chi connectivity index (χ0n) is 8.71. The predicted octanol–water partition coefficient (Wildman–Crippen LogP) is 1.39. The monoisotopic (exact) mass is 203 g/mol. The molecule has 1 rings (SSSR count). The van der Waals surface area contributed by atoms with Gasteiger partial charge in [-0.1, -0.05) is 13.8 Å². The number of hydrogen-bond donors (Lipinski definition) is 1. The molecule has 2 nitrogen and oxygen atoms in total. The van der Waals surface area contributed by atoms with Crippen LogP contribution in [0.15, 0.2) is 0 Å². The first-order valence-corrected chi connectivity index (χ1v) is 6.73. The summed E-state index contributed by atoms with van der Waals surface area (Å²) >= 11 is 0. The van der Waals surface area contributed by atoms with Gasteiger partial charge < -0.3 is 5.32 Å². The fourth-order valence-electron chi connectivity index (χ4n) is 1.55. The average Bonchev–Trinajstić information content (AvgIpc) is 2.10. The Kier molecular flexibility index (Phi) is 4.96. The third kappa shape index (κ3) is 4.77.